The summed E-state index contributed by atoms with van der Waals surface area (Å²) in [4.78, 5) is 27.2. The van der Waals surface area contributed by atoms with Crippen LogP contribution in [0.3, 0.4) is 0 Å². The summed E-state index contributed by atoms with van der Waals surface area (Å²) in [5, 5.41) is 3.05. The average Bonchev–Trinajstić information content (AvgIpc) is 3.65. The zero-order chi connectivity index (χ0) is 21.6. The van der Waals surface area contributed by atoms with Crippen LogP contribution in [0.1, 0.15) is 68.1 Å². The van der Waals surface area contributed by atoms with Crippen molar-refractivity contribution >= 4 is 11.8 Å². The molecule has 3 aliphatic rings. The molecule has 6 nitrogen and oxygen atoms in total. The van der Waals surface area contributed by atoms with E-state index in [4.69, 9.17) is 9.47 Å². The molecule has 1 saturated heterocycles. The lowest BCUT2D eigenvalue weighted by Gasteiger charge is -2.32. The van der Waals surface area contributed by atoms with Crippen molar-refractivity contribution in [2.24, 2.45) is 5.92 Å². The summed E-state index contributed by atoms with van der Waals surface area (Å²) in [5.41, 5.74) is 1.95. The van der Waals surface area contributed by atoms with E-state index in [-0.39, 0.29) is 17.9 Å². The van der Waals surface area contributed by atoms with E-state index in [2.05, 4.69) is 11.4 Å². The van der Waals surface area contributed by atoms with E-state index >= 15 is 0 Å². The van der Waals surface area contributed by atoms with Gasteiger partial charge in [-0.3, -0.25) is 9.59 Å². The number of amides is 2. The van der Waals surface area contributed by atoms with E-state index in [9.17, 15) is 9.59 Å². The summed E-state index contributed by atoms with van der Waals surface area (Å²) >= 11 is 0. The first kappa shape index (κ1) is 21.7. The summed E-state index contributed by atoms with van der Waals surface area (Å²) in [6.45, 7) is 2.09. The number of piperidine rings is 1. The molecule has 1 aliphatic heterocycles. The van der Waals surface area contributed by atoms with Crippen molar-refractivity contribution < 1.29 is 19.1 Å². The van der Waals surface area contributed by atoms with E-state index in [0.717, 1.165) is 58.0 Å². The van der Waals surface area contributed by atoms with Crippen molar-refractivity contribution in [2.45, 2.75) is 63.9 Å². The molecular weight excluding hydrogens is 392 g/mol. The van der Waals surface area contributed by atoms with Gasteiger partial charge in [0.1, 0.15) is 17.6 Å². The quantitative estimate of drug-likeness (QED) is 0.636. The van der Waals surface area contributed by atoms with Crippen LogP contribution in [-0.4, -0.2) is 49.6 Å². The summed E-state index contributed by atoms with van der Waals surface area (Å²) < 4.78 is 11.6. The fraction of sp³-hybridized carbons (Fsp3) is 0.600. The molecule has 1 saturated carbocycles. The van der Waals surface area contributed by atoms with Gasteiger partial charge in [-0.15, -0.1) is 0 Å². The number of ether oxygens (including phenoxy) is 2. The predicted octanol–water partition coefficient (Wildman–Crippen LogP) is 4.10. The van der Waals surface area contributed by atoms with Gasteiger partial charge in [-0.2, -0.15) is 0 Å². The first-order valence-electron chi connectivity index (χ1n) is 11.7. The molecule has 2 fully saturated rings. The van der Waals surface area contributed by atoms with Crippen molar-refractivity contribution in [1.29, 1.82) is 0 Å². The fourth-order valence-corrected chi connectivity index (χ4v) is 4.44. The SMILES string of the molecule is COc1ccc(OC2CCN(C(=O)C3CC3)CC2)c(C(=O)NCCC2=CCCCC2)c1. The number of likely N-dealkylation sites (tertiary alicyclic amines) is 1. The van der Waals surface area contributed by atoms with E-state index in [1.165, 1.54) is 18.4 Å². The largest absolute Gasteiger partial charge is 0.497 e. The summed E-state index contributed by atoms with van der Waals surface area (Å²) in [7, 11) is 1.60. The van der Waals surface area contributed by atoms with Gasteiger partial charge in [0.2, 0.25) is 5.91 Å². The molecule has 0 bridgehead atoms. The lowest BCUT2D eigenvalue weighted by atomic mass is 9.97. The van der Waals surface area contributed by atoms with Gasteiger partial charge < -0.3 is 19.7 Å². The second-order valence-electron chi connectivity index (χ2n) is 8.89. The Kier molecular flexibility index (Phi) is 7.15. The van der Waals surface area contributed by atoms with Gasteiger partial charge in [0.25, 0.3) is 5.91 Å². The third-order valence-corrected chi connectivity index (χ3v) is 6.52. The van der Waals surface area contributed by atoms with E-state index < -0.39 is 0 Å². The molecule has 0 atom stereocenters. The number of methoxy groups -OCH3 is 1. The second-order valence-corrected chi connectivity index (χ2v) is 8.89. The number of hydrogen-bond donors (Lipinski definition) is 1. The minimum Gasteiger partial charge on any atom is -0.497 e. The Morgan fingerprint density at radius 1 is 1.13 bits per heavy atom. The maximum Gasteiger partial charge on any atom is 0.255 e. The number of nitrogens with one attached hydrogen (secondary N) is 1. The monoisotopic (exact) mass is 426 g/mol. The smallest absolute Gasteiger partial charge is 0.255 e. The Bertz CT molecular complexity index is 823. The van der Waals surface area contributed by atoms with Crippen molar-refractivity contribution in [2.75, 3.05) is 26.7 Å². The molecule has 1 aromatic rings. The Balaban J connectivity index is 1.34. The van der Waals surface area contributed by atoms with Gasteiger partial charge in [-0.25, -0.2) is 0 Å². The maximum atomic E-state index is 12.9. The minimum atomic E-state index is -0.133. The van der Waals surface area contributed by atoms with Crippen LogP contribution in [-0.2, 0) is 4.79 Å². The number of carbonyl (C=O) groups excluding carboxylic acids is 2. The normalized spacial score (nSPS) is 19.5. The lowest BCUT2D eigenvalue weighted by molar-refractivity contribution is -0.134. The highest BCUT2D eigenvalue weighted by atomic mass is 16.5. The van der Waals surface area contributed by atoms with Gasteiger partial charge >= 0.3 is 0 Å². The van der Waals surface area contributed by atoms with Gasteiger partial charge in [0.15, 0.2) is 0 Å². The molecule has 1 heterocycles. The highest BCUT2D eigenvalue weighted by Crippen LogP contribution is 2.33. The first-order chi connectivity index (χ1) is 15.1. The van der Waals surface area contributed by atoms with E-state index in [1.807, 2.05) is 17.0 Å². The topological polar surface area (TPSA) is 67.9 Å². The number of benzene rings is 1. The van der Waals surface area contributed by atoms with Crippen molar-refractivity contribution in [1.82, 2.24) is 10.2 Å². The molecule has 1 N–H and O–H groups in total. The molecule has 2 amide bonds. The third kappa shape index (κ3) is 5.81. The van der Waals surface area contributed by atoms with Gasteiger partial charge in [0.05, 0.1) is 12.7 Å². The Morgan fingerprint density at radius 3 is 2.61 bits per heavy atom. The Labute approximate surface area is 185 Å². The van der Waals surface area contributed by atoms with Crippen molar-refractivity contribution in [3.8, 4) is 11.5 Å². The predicted molar refractivity (Wildman–Crippen MR) is 119 cm³/mol. The Hall–Kier alpha value is -2.50. The van der Waals surface area contributed by atoms with Gasteiger partial charge in [0, 0.05) is 38.4 Å². The molecule has 31 heavy (non-hydrogen) atoms. The molecule has 0 radical (unpaired) electrons. The van der Waals surface area contributed by atoms with Crippen LogP contribution in [0.5, 0.6) is 11.5 Å². The van der Waals surface area contributed by atoms with Gasteiger partial charge in [-0.1, -0.05) is 11.6 Å². The van der Waals surface area contributed by atoms with Crippen LogP contribution < -0.4 is 14.8 Å². The molecule has 0 aromatic heterocycles. The zero-order valence-electron chi connectivity index (χ0n) is 18.5. The average molecular weight is 427 g/mol. The number of nitrogens with zero attached hydrogens (tertiary/aromatic N) is 1. The first-order valence-corrected chi connectivity index (χ1v) is 11.7. The molecule has 0 spiro atoms. The van der Waals surface area contributed by atoms with Gasteiger partial charge in [-0.05, 0) is 63.1 Å². The highest BCUT2D eigenvalue weighted by molar-refractivity contribution is 5.97. The van der Waals surface area contributed by atoms with Crippen LogP contribution in [0.25, 0.3) is 0 Å². The van der Waals surface area contributed by atoms with Crippen molar-refractivity contribution in [3.63, 3.8) is 0 Å². The molecule has 0 unspecified atom stereocenters. The van der Waals surface area contributed by atoms with Crippen LogP contribution in [0.4, 0.5) is 0 Å². The molecule has 1 aromatic carbocycles. The molecule has 2 aliphatic carbocycles. The van der Waals surface area contributed by atoms with Crippen LogP contribution in [0.15, 0.2) is 29.8 Å². The number of hydrogen-bond acceptors (Lipinski definition) is 4. The summed E-state index contributed by atoms with van der Waals surface area (Å²) in [5.74, 6) is 1.65. The lowest BCUT2D eigenvalue weighted by Crippen LogP contribution is -2.42. The Morgan fingerprint density at radius 2 is 1.94 bits per heavy atom. The number of carbonyl (C=O) groups is 2. The van der Waals surface area contributed by atoms with E-state index in [1.54, 1.807) is 13.2 Å². The van der Waals surface area contributed by atoms with E-state index in [0.29, 0.717) is 29.5 Å². The summed E-state index contributed by atoms with van der Waals surface area (Å²) in [6, 6.07) is 5.39. The molecule has 6 heteroatoms. The third-order valence-electron chi connectivity index (χ3n) is 6.52. The zero-order valence-corrected chi connectivity index (χ0v) is 18.5. The standard InChI is InChI=1S/C25H34N2O4/c1-30-21-9-10-23(31-20-12-15-27(16-13-20)25(29)19-7-8-19)22(17-21)24(28)26-14-11-18-5-3-2-4-6-18/h5,9-10,17,19-20H,2-4,6-8,11-16H2,1H3,(H,26,28). The van der Waals surface area contributed by atoms with Crippen molar-refractivity contribution in [3.05, 3.63) is 35.4 Å². The fourth-order valence-electron chi connectivity index (χ4n) is 4.44. The second kappa shape index (κ2) is 10.2. The molecular formula is C25H34N2O4. The summed E-state index contributed by atoms with van der Waals surface area (Å²) in [6.07, 6.45) is 11.7. The van der Waals surface area contributed by atoms with Crippen LogP contribution in [0, 0.1) is 5.92 Å². The molecule has 168 valence electrons. The highest BCUT2D eigenvalue weighted by Gasteiger charge is 2.35. The van der Waals surface area contributed by atoms with Crippen LogP contribution in [0.2, 0.25) is 0 Å². The van der Waals surface area contributed by atoms with Crippen LogP contribution >= 0.6 is 0 Å². The molecule has 4 rings (SSSR count). The number of allylic oxidation sites excluding steroid dienone is 1. The number of rotatable bonds is 8. The maximum absolute atomic E-state index is 12.9. The minimum absolute atomic E-state index is 0.00981.